The van der Waals surface area contributed by atoms with E-state index in [0.717, 1.165) is 6.42 Å². The van der Waals surface area contributed by atoms with Crippen molar-refractivity contribution in [3.63, 3.8) is 0 Å². The smallest absolute Gasteiger partial charge is 0.341 e. The Labute approximate surface area is 130 Å². The van der Waals surface area contributed by atoms with E-state index in [4.69, 9.17) is 14.6 Å². The fourth-order valence-electron chi connectivity index (χ4n) is 1.63. The van der Waals surface area contributed by atoms with Crippen LogP contribution in [0.2, 0.25) is 0 Å². The molecule has 0 atom stereocenters. The average molecular weight is 309 g/mol. The average Bonchev–Trinajstić information content (AvgIpc) is 2.48. The summed E-state index contributed by atoms with van der Waals surface area (Å²) in [5, 5.41) is 11.3. The van der Waals surface area contributed by atoms with Crippen molar-refractivity contribution in [2.75, 3.05) is 26.4 Å². The highest BCUT2D eigenvalue weighted by Gasteiger charge is 2.07. The zero-order chi connectivity index (χ0) is 16.4. The molecule has 1 aromatic rings. The van der Waals surface area contributed by atoms with Crippen molar-refractivity contribution in [2.24, 2.45) is 5.92 Å². The first-order valence-electron chi connectivity index (χ1n) is 7.29. The molecule has 1 aromatic carbocycles. The summed E-state index contributed by atoms with van der Waals surface area (Å²) < 4.78 is 10.4. The third-order valence-corrected chi connectivity index (χ3v) is 2.83. The van der Waals surface area contributed by atoms with Crippen molar-refractivity contribution in [3.05, 3.63) is 29.8 Å². The van der Waals surface area contributed by atoms with E-state index in [0.29, 0.717) is 37.0 Å². The van der Waals surface area contributed by atoms with Crippen molar-refractivity contribution in [2.45, 2.75) is 20.3 Å². The van der Waals surface area contributed by atoms with E-state index in [1.54, 1.807) is 18.2 Å². The Hall–Kier alpha value is -2.08. The molecular formula is C16H23NO5. The van der Waals surface area contributed by atoms with Crippen molar-refractivity contribution in [1.82, 2.24) is 5.32 Å². The van der Waals surface area contributed by atoms with Gasteiger partial charge in [0.2, 0.25) is 0 Å². The van der Waals surface area contributed by atoms with Gasteiger partial charge in [-0.2, -0.15) is 0 Å². The number of rotatable bonds is 10. The van der Waals surface area contributed by atoms with Gasteiger partial charge in [0, 0.05) is 18.7 Å². The molecule has 0 spiro atoms. The summed E-state index contributed by atoms with van der Waals surface area (Å²) in [6.45, 7) is 5.40. The number of carbonyl (C=O) groups is 2. The Balaban J connectivity index is 2.32. The molecule has 0 radical (unpaired) electrons. The van der Waals surface area contributed by atoms with Gasteiger partial charge in [-0.3, -0.25) is 4.79 Å². The number of hydrogen-bond donors (Lipinski definition) is 2. The highest BCUT2D eigenvalue weighted by Crippen LogP contribution is 2.13. The van der Waals surface area contributed by atoms with E-state index in [1.807, 2.05) is 0 Å². The minimum absolute atomic E-state index is 0.242. The lowest BCUT2D eigenvalue weighted by Crippen LogP contribution is -2.27. The van der Waals surface area contributed by atoms with Crippen LogP contribution in [0, 0.1) is 5.92 Å². The SMILES string of the molecule is CC(C)CCOCCNC(=O)c1cccc(OCC(=O)O)c1. The predicted molar refractivity (Wildman–Crippen MR) is 82.2 cm³/mol. The van der Waals surface area contributed by atoms with Crippen molar-refractivity contribution >= 4 is 11.9 Å². The number of aliphatic carboxylic acids is 1. The second kappa shape index (κ2) is 9.78. The molecule has 6 heteroatoms. The van der Waals surface area contributed by atoms with Crippen LogP contribution in [-0.4, -0.2) is 43.3 Å². The van der Waals surface area contributed by atoms with E-state index < -0.39 is 12.6 Å². The zero-order valence-corrected chi connectivity index (χ0v) is 13.0. The summed E-state index contributed by atoms with van der Waals surface area (Å²) in [5.41, 5.74) is 0.421. The molecule has 122 valence electrons. The van der Waals surface area contributed by atoms with Gasteiger partial charge in [-0.15, -0.1) is 0 Å². The van der Waals surface area contributed by atoms with Crippen LogP contribution >= 0.6 is 0 Å². The lowest BCUT2D eigenvalue weighted by molar-refractivity contribution is -0.139. The predicted octanol–water partition coefficient (Wildman–Crippen LogP) is 1.94. The van der Waals surface area contributed by atoms with Gasteiger partial charge in [0.1, 0.15) is 5.75 Å². The summed E-state index contributed by atoms with van der Waals surface area (Å²) in [7, 11) is 0. The van der Waals surface area contributed by atoms with Crippen LogP contribution in [0.15, 0.2) is 24.3 Å². The monoisotopic (exact) mass is 309 g/mol. The highest BCUT2D eigenvalue weighted by molar-refractivity contribution is 5.94. The zero-order valence-electron chi connectivity index (χ0n) is 13.0. The Morgan fingerprint density at radius 2 is 2.05 bits per heavy atom. The largest absolute Gasteiger partial charge is 0.482 e. The van der Waals surface area contributed by atoms with Gasteiger partial charge >= 0.3 is 5.97 Å². The molecule has 0 unspecified atom stereocenters. The first kappa shape index (κ1) is 18.0. The first-order valence-corrected chi connectivity index (χ1v) is 7.29. The van der Waals surface area contributed by atoms with Crippen LogP contribution < -0.4 is 10.1 Å². The number of amides is 1. The maximum atomic E-state index is 11.9. The number of carboxylic acid groups (broad SMARTS) is 1. The molecule has 1 amide bonds. The summed E-state index contributed by atoms with van der Waals surface area (Å²) in [6, 6.07) is 6.40. The molecule has 2 N–H and O–H groups in total. The fourth-order valence-corrected chi connectivity index (χ4v) is 1.63. The molecule has 0 aliphatic rings. The minimum atomic E-state index is -1.06. The van der Waals surface area contributed by atoms with Gasteiger partial charge in [0.15, 0.2) is 6.61 Å². The molecule has 0 bridgehead atoms. The molecular weight excluding hydrogens is 286 g/mol. The normalized spacial score (nSPS) is 10.5. The molecule has 6 nitrogen and oxygen atoms in total. The topological polar surface area (TPSA) is 84.9 Å². The van der Waals surface area contributed by atoms with Gasteiger partial charge in [-0.1, -0.05) is 19.9 Å². The molecule has 1 rings (SSSR count). The van der Waals surface area contributed by atoms with Crippen molar-refractivity contribution in [3.8, 4) is 5.75 Å². The van der Waals surface area contributed by atoms with Crippen molar-refractivity contribution in [1.29, 1.82) is 0 Å². The molecule has 0 aliphatic heterocycles. The molecule has 0 saturated carbocycles. The summed E-state index contributed by atoms with van der Waals surface area (Å²) >= 11 is 0. The maximum Gasteiger partial charge on any atom is 0.341 e. The highest BCUT2D eigenvalue weighted by atomic mass is 16.5. The van der Waals surface area contributed by atoms with Gasteiger partial charge in [-0.05, 0) is 30.5 Å². The van der Waals surface area contributed by atoms with Gasteiger partial charge < -0.3 is 19.9 Å². The maximum absolute atomic E-state index is 11.9. The van der Waals surface area contributed by atoms with E-state index in [-0.39, 0.29) is 5.91 Å². The Morgan fingerprint density at radius 1 is 1.27 bits per heavy atom. The summed E-state index contributed by atoms with van der Waals surface area (Å²) in [4.78, 5) is 22.4. The molecule has 0 saturated heterocycles. The molecule has 22 heavy (non-hydrogen) atoms. The first-order chi connectivity index (χ1) is 10.5. The summed E-state index contributed by atoms with van der Waals surface area (Å²) in [5.74, 6) is -0.354. The number of hydrogen-bond acceptors (Lipinski definition) is 4. The number of nitrogens with one attached hydrogen (secondary N) is 1. The third kappa shape index (κ3) is 7.64. The van der Waals surface area contributed by atoms with Crippen LogP contribution in [0.4, 0.5) is 0 Å². The van der Waals surface area contributed by atoms with E-state index in [9.17, 15) is 9.59 Å². The van der Waals surface area contributed by atoms with Crippen LogP contribution in [0.1, 0.15) is 30.6 Å². The Kier molecular flexibility index (Phi) is 7.99. The van der Waals surface area contributed by atoms with Crippen LogP contribution in [0.3, 0.4) is 0 Å². The summed E-state index contributed by atoms with van der Waals surface area (Å²) in [6.07, 6.45) is 0.997. The van der Waals surface area contributed by atoms with Gasteiger partial charge in [0.05, 0.1) is 6.61 Å². The molecule has 0 fully saturated rings. The van der Waals surface area contributed by atoms with Gasteiger partial charge in [0.25, 0.3) is 5.91 Å². The van der Waals surface area contributed by atoms with Crippen molar-refractivity contribution < 1.29 is 24.2 Å². The van der Waals surface area contributed by atoms with Gasteiger partial charge in [-0.25, -0.2) is 4.79 Å². The number of carboxylic acids is 1. The fraction of sp³-hybridized carbons (Fsp3) is 0.500. The lowest BCUT2D eigenvalue weighted by Gasteiger charge is -2.09. The molecule has 0 aromatic heterocycles. The molecule has 0 aliphatic carbocycles. The second-order valence-corrected chi connectivity index (χ2v) is 5.26. The van der Waals surface area contributed by atoms with Crippen LogP contribution in [-0.2, 0) is 9.53 Å². The molecule has 0 heterocycles. The Bertz CT molecular complexity index is 487. The van der Waals surface area contributed by atoms with E-state index in [1.165, 1.54) is 6.07 Å². The number of benzene rings is 1. The Morgan fingerprint density at radius 3 is 2.73 bits per heavy atom. The minimum Gasteiger partial charge on any atom is -0.482 e. The quantitative estimate of drug-likeness (QED) is 0.645. The van der Waals surface area contributed by atoms with Crippen LogP contribution in [0.5, 0.6) is 5.75 Å². The lowest BCUT2D eigenvalue weighted by atomic mass is 10.1. The van der Waals surface area contributed by atoms with Crippen LogP contribution in [0.25, 0.3) is 0 Å². The number of ether oxygens (including phenoxy) is 2. The van der Waals surface area contributed by atoms with E-state index in [2.05, 4.69) is 19.2 Å². The van der Waals surface area contributed by atoms with E-state index >= 15 is 0 Å². The standard InChI is InChI=1S/C16H23NO5/c1-12(2)6-8-21-9-7-17-16(20)13-4-3-5-14(10-13)22-11-15(18)19/h3-5,10,12H,6-9,11H2,1-2H3,(H,17,20)(H,18,19). The third-order valence-electron chi connectivity index (χ3n) is 2.83. The number of carbonyl (C=O) groups excluding carboxylic acids is 1. The second-order valence-electron chi connectivity index (χ2n) is 5.26.